The lowest BCUT2D eigenvalue weighted by atomic mass is 9.98. The van der Waals surface area contributed by atoms with E-state index in [1.54, 1.807) is 18.1 Å². The van der Waals surface area contributed by atoms with Gasteiger partial charge in [-0.05, 0) is 31.2 Å². The Hall–Kier alpha value is -3.43. The van der Waals surface area contributed by atoms with Gasteiger partial charge in [0.1, 0.15) is 12.1 Å². The van der Waals surface area contributed by atoms with Crippen molar-refractivity contribution in [2.75, 3.05) is 56.2 Å². The second-order valence-corrected chi connectivity index (χ2v) is 7.89. The smallest absolute Gasteiger partial charge is 0.229 e. The van der Waals surface area contributed by atoms with Gasteiger partial charge in [-0.15, -0.1) is 5.10 Å². The third-order valence-corrected chi connectivity index (χ3v) is 6.14. The van der Waals surface area contributed by atoms with Gasteiger partial charge >= 0.3 is 0 Å². The molecule has 3 aromatic rings. The number of benzene rings is 1. The lowest BCUT2D eigenvalue weighted by Gasteiger charge is -2.43. The molecule has 0 atom stereocenters. The highest BCUT2D eigenvalue weighted by Crippen LogP contribution is 2.29. The van der Waals surface area contributed by atoms with Crippen molar-refractivity contribution >= 4 is 28.6 Å². The summed E-state index contributed by atoms with van der Waals surface area (Å²) in [5, 5.41) is 8.37. The van der Waals surface area contributed by atoms with Crippen LogP contribution in [0.25, 0.3) is 11.2 Å². The normalized spacial score (nSPS) is 17.2. The summed E-state index contributed by atoms with van der Waals surface area (Å²) in [7, 11) is 1.67. The third-order valence-electron chi connectivity index (χ3n) is 6.14. The summed E-state index contributed by atoms with van der Waals surface area (Å²) in [4.78, 5) is 28.1. The number of fused-ring (bicyclic) bond motifs is 1. The maximum atomic E-state index is 13.0. The number of ether oxygens (including phenoxy) is 1. The molecule has 2 aliphatic heterocycles. The average molecular weight is 422 g/mol. The number of methoxy groups -OCH3 is 1. The molecule has 0 spiro atoms. The molecule has 31 heavy (non-hydrogen) atoms. The van der Waals surface area contributed by atoms with E-state index in [2.05, 4.69) is 42.2 Å². The zero-order valence-electron chi connectivity index (χ0n) is 17.8. The van der Waals surface area contributed by atoms with E-state index in [1.807, 2.05) is 24.0 Å². The first-order valence-electron chi connectivity index (χ1n) is 10.6. The lowest BCUT2D eigenvalue weighted by molar-refractivity contribution is -0.136. The molecule has 2 fully saturated rings. The maximum absolute atomic E-state index is 13.0. The Morgan fingerprint density at radius 1 is 1.06 bits per heavy atom. The van der Waals surface area contributed by atoms with Crippen LogP contribution in [0.4, 0.5) is 11.5 Å². The molecule has 2 aromatic heterocycles. The fraction of sp³-hybridized carbons (Fsp3) is 0.476. The van der Waals surface area contributed by atoms with Crippen molar-refractivity contribution in [2.45, 2.75) is 13.5 Å². The van der Waals surface area contributed by atoms with E-state index in [1.165, 1.54) is 0 Å². The summed E-state index contributed by atoms with van der Waals surface area (Å²) in [6.07, 6.45) is 1.54. The number of piperazine rings is 1. The Morgan fingerprint density at radius 2 is 1.81 bits per heavy atom. The van der Waals surface area contributed by atoms with Crippen molar-refractivity contribution in [3.63, 3.8) is 0 Å². The topological polar surface area (TPSA) is 92.5 Å². The zero-order chi connectivity index (χ0) is 21.4. The number of aryl methyl sites for hydroxylation is 1. The highest BCUT2D eigenvalue weighted by molar-refractivity contribution is 5.86. The van der Waals surface area contributed by atoms with E-state index < -0.39 is 0 Å². The predicted molar refractivity (Wildman–Crippen MR) is 116 cm³/mol. The fourth-order valence-corrected chi connectivity index (χ4v) is 4.27. The molecule has 2 aliphatic rings. The molecule has 0 N–H and O–H groups in total. The molecule has 1 amide bonds. The van der Waals surface area contributed by atoms with Crippen molar-refractivity contribution in [2.24, 2.45) is 5.92 Å². The summed E-state index contributed by atoms with van der Waals surface area (Å²) in [6.45, 7) is 7.17. The van der Waals surface area contributed by atoms with Crippen molar-refractivity contribution in [1.29, 1.82) is 0 Å². The average Bonchev–Trinajstić information content (AvgIpc) is 3.22. The molecule has 1 aromatic carbocycles. The van der Waals surface area contributed by atoms with Crippen molar-refractivity contribution in [1.82, 2.24) is 29.9 Å². The van der Waals surface area contributed by atoms with Gasteiger partial charge in [0.15, 0.2) is 17.0 Å². The molecule has 0 radical (unpaired) electrons. The summed E-state index contributed by atoms with van der Waals surface area (Å²) >= 11 is 0. The Balaban J connectivity index is 1.17. The first kappa shape index (κ1) is 19.5. The molecule has 2 saturated heterocycles. The molecule has 0 unspecified atom stereocenters. The van der Waals surface area contributed by atoms with Crippen molar-refractivity contribution in [3.8, 4) is 5.75 Å². The van der Waals surface area contributed by atoms with E-state index in [0.29, 0.717) is 25.2 Å². The van der Waals surface area contributed by atoms with E-state index in [4.69, 9.17) is 4.74 Å². The molecule has 162 valence electrons. The van der Waals surface area contributed by atoms with Crippen LogP contribution in [0.2, 0.25) is 0 Å². The number of carbonyl (C=O) groups excluding carboxylic acids is 1. The van der Waals surface area contributed by atoms with E-state index in [0.717, 1.165) is 49.1 Å². The maximum Gasteiger partial charge on any atom is 0.229 e. The summed E-state index contributed by atoms with van der Waals surface area (Å²) in [6, 6.07) is 8.08. The summed E-state index contributed by atoms with van der Waals surface area (Å²) < 4.78 is 6.98. The molecule has 4 heterocycles. The molecule has 0 saturated carbocycles. The van der Waals surface area contributed by atoms with Crippen LogP contribution in [-0.4, -0.2) is 82.1 Å². The van der Waals surface area contributed by atoms with Gasteiger partial charge in [0.2, 0.25) is 5.91 Å². The minimum Gasteiger partial charge on any atom is -0.497 e. The summed E-state index contributed by atoms with van der Waals surface area (Å²) in [5.74, 6) is 1.84. The monoisotopic (exact) mass is 422 g/mol. The van der Waals surface area contributed by atoms with E-state index in [9.17, 15) is 4.79 Å². The molecule has 5 rings (SSSR count). The lowest BCUT2D eigenvalue weighted by Crippen LogP contribution is -2.58. The van der Waals surface area contributed by atoms with Crippen LogP contribution in [0, 0.1) is 5.92 Å². The molecule has 10 heteroatoms. The highest BCUT2D eigenvalue weighted by Gasteiger charge is 2.38. The fourth-order valence-electron chi connectivity index (χ4n) is 4.27. The second-order valence-electron chi connectivity index (χ2n) is 7.89. The third kappa shape index (κ3) is 3.51. The Bertz CT molecular complexity index is 1070. The standard InChI is InChI=1S/C21H26N8O2/c1-3-29-20-18(24-25-29)19(22-14-23-20)28-12-15(13-28)21(30)27-10-8-26(9-11-27)16-4-6-17(31-2)7-5-16/h4-7,14-15H,3,8-13H2,1-2H3. The second kappa shape index (κ2) is 8.01. The predicted octanol–water partition coefficient (Wildman–Crippen LogP) is 1.03. The van der Waals surface area contributed by atoms with Gasteiger partial charge in [-0.3, -0.25) is 4.79 Å². The molecular formula is C21H26N8O2. The minimum atomic E-state index is -0.00114. The number of amides is 1. The number of aromatic nitrogens is 5. The number of rotatable bonds is 5. The Labute approximate surface area is 180 Å². The quantitative estimate of drug-likeness (QED) is 0.602. The molecular weight excluding hydrogens is 396 g/mol. The molecule has 0 aliphatic carbocycles. The van der Waals surface area contributed by atoms with E-state index in [-0.39, 0.29) is 11.8 Å². The first-order chi connectivity index (χ1) is 15.2. The largest absolute Gasteiger partial charge is 0.497 e. The molecule has 10 nitrogen and oxygen atoms in total. The van der Waals surface area contributed by atoms with Crippen LogP contribution in [0.1, 0.15) is 6.92 Å². The van der Waals surface area contributed by atoms with Gasteiger partial charge in [-0.2, -0.15) is 0 Å². The number of hydrogen-bond donors (Lipinski definition) is 0. The number of carbonyl (C=O) groups is 1. The highest BCUT2D eigenvalue weighted by atomic mass is 16.5. The Morgan fingerprint density at radius 3 is 2.48 bits per heavy atom. The number of nitrogens with zero attached hydrogens (tertiary/aromatic N) is 8. The van der Waals surface area contributed by atoms with Crippen LogP contribution in [0.3, 0.4) is 0 Å². The van der Waals surface area contributed by atoms with Gasteiger partial charge in [0, 0.05) is 51.5 Å². The van der Waals surface area contributed by atoms with Gasteiger partial charge in [-0.1, -0.05) is 5.21 Å². The molecule has 0 bridgehead atoms. The Kier molecular flexibility index (Phi) is 5.05. The van der Waals surface area contributed by atoms with E-state index >= 15 is 0 Å². The minimum absolute atomic E-state index is 0.00114. The van der Waals surface area contributed by atoms with Gasteiger partial charge < -0.3 is 19.4 Å². The summed E-state index contributed by atoms with van der Waals surface area (Å²) in [5.41, 5.74) is 2.59. The van der Waals surface area contributed by atoms with Gasteiger partial charge in [0.25, 0.3) is 0 Å². The van der Waals surface area contributed by atoms with Crippen LogP contribution in [-0.2, 0) is 11.3 Å². The van der Waals surface area contributed by atoms with Gasteiger partial charge in [-0.25, -0.2) is 14.6 Å². The number of hydrogen-bond acceptors (Lipinski definition) is 8. The SMILES string of the molecule is CCn1nnc2c(N3CC(C(=O)N4CCN(c5ccc(OC)cc5)CC4)C3)ncnc21. The van der Waals surface area contributed by atoms with Crippen LogP contribution >= 0.6 is 0 Å². The van der Waals surface area contributed by atoms with Gasteiger partial charge in [0.05, 0.1) is 13.0 Å². The van der Waals surface area contributed by atoms with Crippen LogP contribution in [0.15, 0.2) is 30.6 Å². The van der Waals surface area contributed by atoms with Crippen LogP contribution in [0.5, 0.6) is 5.75 Å². The van der Waals surface area contributed by atoms with Crippen LogP contribution < -0.4 is 14.5 Å². The first-order valence-corrected chi connectivity index (χ1v) is 10.6. The van der Waals surface area contributed by atoms with Crippen molar-refractivity contribution in [3.05, 3.63) is 30.6 Å². The zero-order valence-corrected chi connectivity index (χ0v) is 17.8. The van der Waals surface area contributed by atoms with Crippen molar-refractivity contribution < 1.29 is 9.53 Å². The number of anilines is 2.